The molecule has 4 saturated carbocycles. The predicted octanol–water partition coefficient (Wildman–Crippen LogP) is 4.77. The first-order chi connectivity index (χ1) is 10.0. The maximum absolute atomic E-state index is 13.4. The molecule has 1 unspecified atom stereocenters. The predicted molar refractivity (Wildman–Crippen MR) is 81.3 cm³/mol. The molecule has 0 heterocycles. The molecule has 0 saturated heterocycles. The van der Waals surface area contributed by atoms with E-state index in [1.807, 2.05) is 6.07 Å². The largest absolute Gasteiger partial charge is 0.388 e. The molecule has 1 atom stereocenters. The lowest BCUT2D eigenvalue weighted by molar-refractivity contribution is -0.0764. The van der Waals surface area contributed by atoms with Crippen molar-refractivity contribution >= 4 is 0 Å². The average molecular weight is 288 g/mol. The van der Waals surface area contributed by atoms with E-state index in [2.05, 4.69) is 0 Å². The minimum absolute atomic E-state index is 0.180. The summed E-state index contributed by atoms with van der Waals surface area (Å²) < 4.78 is 13.4. The minimum atomic E-state index is -0.430. The van der Waals surface area contributed by atoms with Crippen molar-refractivity contribution in [3.05, 3.63) is 35.1 Å². The Kier molecular flexibility index (Phi) is 3.15. The van der Waals surface area contributed by atoms with Crippen molar-refractivity contribution < 1.29 is 9.50 Å². The van der Waals surface area contributed by atoms with Gasteiger partial charge in [0, 0.05) is 0 Å². The molecule has 2 heteroatoms. The van der Waals surface area contributed by atoms with Crippen LogP contribution in [0.5, 0.6) is 0 Å². The van der Waals surface area contributed by atoms with E-state index in [1.165, 1.54) is 44.6 Å². The maximum Gasteiger partial charge on any atom is 0.126 e. The lowest BCUT2D eigenvalue weighted by atomic mass is 9.48. The molecule has 1 aromatic carbocycles. The second kappa shape index (κ2) is 4.81. The van der Waals surface area contributed by atoms with Crippen LogP contribution in [0.1, 0.15) is 62.2 Å². The van der Waals surface area contributed by atoms with Crippen LogP contribution in [-0.2, 0) is 0 Å². The second-order valence-corrected chi connectivity index (χ2v) is 8.15. The van der Waals surface area contributed by atoms with Crippen LogP contribution in [0.4, 0.5) is 4.39 Å². The van der Waals surface area contributed by atoms with Crippen molar-refractivity contribution in [1.82, 2.24) is 0 Å². The van der Waals surface area contributed by atoms with Crippen LogP contribution in [0.25, 0.3) is 0 Å². The lowest BCUT2D eigenvalue weighted by Gasteiger charge is -2.57. The number of aliphatic hydroxyl groups is 1. The normalized spacial score (nSPS) is 38.7. The van der Waals surface area contributed by atoms with Gasteiger partial charge in [0.15, 0.2) is 0 Å². The second-order valence-electron chi connectivity index (χ2n) is 8.15. The molecular weight excluding hydrogens is 263 g/mol. The van der Waals surface area contributed by atoms with Gasteiger partial charge in [-0.25, -0.2) is 4.39 Å². The Bertz CT molecular complexity index is 515. The fourth-order valence-corrected chi connectivity index (χ4v) is 5.94. The summed E-state index contributed by atoms with van der Waals surface area (Å²) >= 11 is 0. The quantitative estimate of drug-likeness (QED) is 0.849. The molecule has 21 heavy (non-hydrogen) atoms. The standard InChI is InChI=1S/C19H25FO/c1-12-4-16(2-3-17(12)20)18(21)11-19-8-13-5-14(9-19)7-15(6-13)10-19/h2-4,13-15,18,21H,5-11H2,1H3. The van der Waals surface area contributed by atoms with E-state index >= 15 is 0 Å². The number of hydrogen-bond donors (Lipinski definition) is 1. The zero-order chi connectivity index (χ0) is 14.6. The van der Waals surface area contributed by atoms with Crippen LogP contribution in [0.2, 0.25) is 0 Å². The zero-order valence-corrected chi connectivity index (χ0v) is 12.8. The third kappa shape index (κ3) is 2.42. The van der Waals surface area contributed by atoms with E-state index in [9.17, 15) is 9.50 Å². The molecular formula is C19H25FO. The molecule has 114 valence electrons. The first-order valence-corrected chi connectivity index (χ1v) is 8.47. The van der Waals surface area contributed by atoms with Crippen LogP contribution in [-0.4, -0.2) is 5.11 Å². The van der Waals surface area contributed by atoms with Crippen molar-refractivity contribution in [3.63, 3.8) is 0 Å². The van der Waals surface area contributed by atoms with E-state index < -0.39 is 6.10 Å². The molecule has 4 bridgehead atoms. The van der Waals surface area contributed by atoms with Gasteiger partial charge in [-0.15, -0.1) is 0 Å². The zero-order valence-electron chi connectivity index (χ0n) is 12.8. The minimum Gasteiger partial charge on any atom is -0.388 e. The fourth-order valence-electron chi connectivity index (χ4n) is 5.94. The Morgan fingerprint density at radius 1 is 1.14 bits per heavy atom. The molecule has 0 aromatic heterocycles. The van der Waals surface area contributed by atoms with Crippen molar-refractivity contribution in [2.45, 2.75) is 58.0 Å². The molecule has 1 N–H and O–H groups in total. The Hall–Kier alpha value is -0.890. The van der Waals surface area contributed by atoms with Crippen molar-refractivity contribution in [2.24, 2.45) is 23.2 Å². The molecule has 0 aliphatic heterocycles. The van der Waals surface area contributed by atoms with Crippen LogP contribution in [0.3, 0.4) is 0 Å². The Morgan fingerprint density at radius 2 is 1.71 bits per heavy atom. The van der Waals surface area contributed by atoms with Gasteiger partial charge in [0.25, 0.3) is 0 Å². The average Bonchev–Trinajstić information content (AvgIpc) is 2.39. The molecule has 4 aliphatic carbocycles. The van der Waals surface area contributed by atoms with Crippen molar-refractivity contribution in [1.29, 1.82) is 0 Å². The molecule has 5 rings (SSSR count). The van der Waals surface area contributed by atoms with Gasteiger partial charge in [-0.1, -0.05) is 12.1 Å². The van der Waals surface area contributed by atoms with Crippen LogP contribution >= 0.6 is 0 Å². The highest BCUT2D eigenvalue weighted by Gasteiger charge is 2.51. The number of hydrogen-bond acceptors (Lipinski definition) is 1. The highest BCUT2D eigenvalue weighted by Crippen LogP contribution is 2.62. The summed E-state index contributed by atoms with van der Waals surface area (Å²) in [7, 11) is 0. The van der Waals surface area contributed by atoms with Crippen LogP contribution in [0, 0.1) is 35.9 Å². The smallest absolute Gasteiger partial charge is 0.126 e. The monoisotopic (exact) mass is 288 g/mol. The fraction of sp³-hybridized carbons (Fsp3) is 0.684. The number of halogens is 1. The van der Waals surface area contributed by atoms with E-state index in [4.69, 9.17) is 0 Å². The number of aryl methyl sites for hydroxylation is 1. The first kappa shape index (κ1) is 13.8. The summed E-state index contributed by atoms with van der Waals surface area (Å²) in [6, 6.07) is 5.07. The molecule has 1 aromatic rings. The Labute approximate surface area is 126 Å². The van der Waals surface area contributed by atoms with Gasteiger partial charge in [0.1, 0.15) is 5.82 Å². The topological polar surface area (TPSA) is 20.2 Å². The highest BCUT2D eigenvalue weighted by atomic mass is 19.1. The van der Waals surface area contributed by atoms with E-state index in [0.29, 0.717) is 11.0 Å². The van der Waals surface area contributed by atoms with E-state index in [0.717, 1.165) is 29.7 Å². The van der Waals surface area contributed by atoms with Gasteiger partial charge in [-0.2, -0.15) is 0 Å². The highest BCUT2D eigenvalue weighted by molar-refractivity contribution is 5.26. The van der Waals surface area contributed by atoms with Crippen LogP contribution in [0.15, 0.2) is 18.2 Å². The number of aliphatic hydroxyl groups excluding tert-OH is 1. The lowest BCUT2D eigenvalue weighted by Crippen LogP contribution is -2.46. The summed E-state index contributed by atoms with van der Waals surface area (Å²) in [5.41, 5.74) is 1.90. The first-order valence-electron chi connectivity index (χ1n) is 8.47. The molecule has 1 nitrogen and oxygen atoms in total. The summed E-state index contributed by atoms with van der Waals surface area (Å²) in [5.74, 6) is 2.57. The van der Waals surface area contributed by atoms with Gasteiger partial charge in [-0.05, 0) is 92.2 Å². The molecule has 0 radical (unpaired) electrons. The Balaban J connectivity index is 1.53. The summed E-state index contributed by atoms with van der Waals surface area (Å²) in [5, 5.41) is 10.7. The maximum atomic E-state index is 13.4. The SMILES string of the molecule is Cc1cc(C(O)CC23CC4CC(CC(C4)C2)C3)ccc1F. The summed E-state index contributed by atoms with van der Waals surface area (Å²) in [6.45, 7) is 1.77. The molecule has 4 fully saturated rings. The number of benzene rings is 1. The van der Waals surface area contributed by atoms with Gasteiger partial charge < -0.3 is 5.11 Å². The van der Waals surface area contributed by atoms with Crippen LogP contribution < -0.4 is 0 Å². The Morgan fingerprint density at radius 3 is 2.24 bits per heavy atom. The third-order valence-electron chi connectivity index (χ3n) is 6.36. The molecule has 0 amide bonds. The van der Waals surface area contributed by atoms with E-state index in [1.54, 1.807) is 13.0 Å². The number of rotatable bonds is 3. The van der Waals surface area contributed by atoms with Gasteiger partial charge in [0.05, 0.1) is 6.10 Å². The van der Waals surface area contributed by atoms with Crippen molar-refractivity contribution in [3.8, 4) is 0 Å². The molecule has 0 spiro atoms. The van der Waals surface area contributed by atoms with Gasteiger partial charge in [-0.3, -0.25) is 0 Å². The van der Waals surface area contributed by atoms with E-state index in [-0.39, 0.29) is 5.82 Å². The summed E-state index contributed by atoms with van der Waals surface area (Å²) in [6.07, 6.45) is 8.70. The van der Waals surface area contributed by atoms with Gasteiger partial charge >= 0.3 is 0 Å². The van der Waals surface area contributed by atoms with Crippen molar-refractivity contribution in [2.75, 3.05) is 0 Å². The molecule has 4 aliphatic rings. The van der Waals surface area contributed by atoms with Gasteiger partial charge in [0.2, 0.25) is 0 Å². The summed E-state index contributed by atoms with van der Waals surface area (Å²) in [4.78, 5) is 0. The third-order valence-corrected chi connectivity index (χ3v) is 6.36.